The van der Waals surface area contributed by atoms with Crippen LogP contribution in [0.25, 0.3) is 0 Å². The van der Waals surface area contributed by atoms with Gasteiger partial charge in [-0.05, 0) is 24.5 Å². The van der Waals surface area contributed by atoms with Crippen molar-refractivity contribution >= 4 is 5.84 Å². The van der Waals surface area contributed by atoms with Crippen molar-refractivity contribution in [2.75, 3.05) is 13.1 Å². The molecule has 0 radical (unpaired) electrons. The summed E-state index contributed by atoms with van der Waals surface area (Å²) < 4.78 is 4.57. The fourth-order valence-corrected chi connectivity index (χ4v) is 1.79. The number of nitrogens with one attached hydrogen (secondary N) is 3. The van der Waals surface area contributed by atoms with Crippen LogP contribution >= 0.6 is 0 Å². The van der Waals surface area contributed by atoms with Crippen LogP contribution in [0.3, 0.4) is 0 Å². The number of nitrogens with two attached hydrogens (primary N) is 1. The molecule has 2 heterocycles. The van der Waals surface area contributed by atoms with Crippen molar-refractivity contribution in [2.45, 2.75) is 25.4 Å². The molecule has 1 fully saturated rings. The maximum absolute atomic E-state index is 7.29. The number of hydrogen-bond acceptors (Lipinski definition) is 6. The van der Waals surface area contributed by atoms with Crippen LogP contribution in [0.2, 0.25) is 0 Å². The van der Waals surface area contributed by atoms with Crippen molar-refractivity contribution in [3.05, 3.63) is 11.4 Å². The maximum atomic E-state index is 7.29. The van der Waals surface area contributed by atoms with Gasteiger partial charge in [-0.3, -0.25) is 5.41 Å². The Balaban J connectivity index is 1.88. The molecule has 1 atom stereocenters. The van der Waals surface area contributed by atoms with Crippen LogP contribution < -0.4 is 16.4 Å². The first-order valence-corrected chi connectivity index (χ1v) is 5.37. The van der Waals surface area contributed by atoms with Gasteiger partial charge in [-0.25, -0.2) is 4.63 Å². The standard InChI is InChI=1S/C9H16N6O/c10-9(11)8-7(14-16-15-8)5-13-6-2-1-3-12-4-6/h6,12-13H,1-5H2,(H3,10,11). The Morgan fingerprint density at radius 2 is 2.50 bits per heavy atom. The van der Waals surface area contributed by atoms with E-state index in [1.807, 2.05) is 0 Å². The Labute approximate surface area is 93.2 Å². The lowest BCUT2D eigenvalue weighted by molar-refractivity contribution is 0.299. The van der Waals surface area contributed by atoms with Gasteiger partial charge in [-0.2, -0.15) is 0 Å². The van der Waals surface area contributed by atoms with Crippen molar-refractivity contribution in [3.63, 3.8) is 0 Å². The Bertz CT molecular complexity index is 357. The highest BCUT2D eigenvalue weighted by Crippen LogP contribution is 2.05. The third-order valence-electron chi connectivity index (χ3n) is 2.67. The number of nitrogen functional groups attached to an aromatic ring is 1. The molecule has 1 aromatic heterocycles. The number of hydrogen-bond donors (Lipinski definition) is 4. The minimum absolute atomic E-state index is 0.111. The fourth-order valence-electron chi connectivity index (χ4n) is 1.79. The first-order chi connectivity index (χ1) is 7.77. The smallest absolute Gasteiger partial charge is 0.173 e. The summed E-state index contributed by atoms with van der Waals surface area (Å²) in [5.41, 5.74) is 6.27. The van der Waals surface area contributed by atoms with Crippen molar-refractivity contribution in [1.82, 2.24) is 20.9 Å². The van der Waals surface area contributed by atoms with Gasteiger partial charge in [0.05, 0.1) is 0 Å². The SMILES string of the molecule is N=C(N)c1nonc1CNC1CCCNC1. The third kappa shape index (κ3) is 2.56. The molecule has 0 aliphatic carbocycles. The molecule has 1 unspecified atom stereocenters. The lowest BCUT2D eigenvalue weighted by Crippen LogP contribution is -2.42. The van der Waals surface area contributed by atoms with Gasteiger partial charge in [0, 0.05) is 19.1 Å². The molecule has 7 nitrogen and oxygen atoms in total. The largest absolute Gasteiger partial charge is 0.382 e. The second-order valence-corrected chi connectivity index (χ2v) is 3.90. The Morgan fingerprint density at radius 3 is 3.19 bits per heavy atom. The molecule has 0 aromatic carbocycles. The highest BCUT2D eigenvalue weighted by atomic mass is 16.6. The summed E-state index contributed by atoms with van der Waals surface area (Å²) in [5.74, 6) is -0.111. The zero-order valence-corrected chi connectivity index (χ0v) is 8.99. The first kappa shape index (κ1) is 11.0. The van der Waals surface area contributed by atoms with E-state index >= 15 is 0 Å². The molecule has 1 aromatic rings. The molecule has 1 saturated heterocycles. The van der Waals surface area contributed by atoms with Crippen LogP contribution in [0, 0.1) is 5.41 Å². The molecule has 5 N–H and O–H groups in total. The summed E-state index contributed by atoms with van der Waals surface area (Å²) in [5, 5.41) is 21.3. The number of piperidine rings is 1. The summed E-state index contributed by atoms with van der Waals surface area (Å²) in [6.45, 7) is 2.58. The average Bonchev–Trinajstić information content (AvgIpc) is 2.76. The highest BCUT2D eigenvalue weighted by molar-refractivity contribution is 5.93. The first-order valence-electron chi connectivity index (χ1n) is 5.37. The van der Waals surface area contributed by atoms with E-state index < -0.39 is 0 Å². The molecule has 0 bridgehead atoms. The van der Waals surface area contributed by atoms with Crippen LogP contribution in [0.5, 0.6) is 0 Å². The highest BCUT2D eigenvalue weighted by Gasteiger charge is 2.16. The van der Waals surface area contributed by atoms with Crippen LogP contribution in [0.1, 0.15) is 24.2 Å². The molecule has 7 heteroatoms. The Morgan fingerprint density at radius 1 is 1.62 bits per heavy atom. The normalized spacial score (nSPS) is 20.9. The van der Waals surface area contributed by atoms with Crippen molar-refractivity contribution in [1.29, 1.82) is 5.41 Å². The monoisotopic (exact) mass is 224 g/mol. The van der Waals surface area contributed by atoms with Crippen LogP contribution in [-0.4, -0.2) is 35.3 Å². The van der Waals surface area contributed by atoms with E-state index in [0.717, 1.165) is 19.5 Å². The third-order valence-corrected chi connectivity index (χ3v) is 2.67. The van der Waals surface area contributed by atoms with Crippen LogP contribution in [0.15, 0.2) is 4.63 Å². The average molecular weight is 224 g/mol. The zero-order valence-electron chi connectivity index (χ0n) is 8.99. The van der Waals surface area contributed by atoms with Gasteiger partial charge >= 0.3 is 0 Å². The van der Waals surface area contributed by atoms with Gasteiger partial charge in [0.1, 0.15) is 11.5 Å². The van der Waals surface area contributed by atoms with E-state index in [1.165, 1.54) is 6.42 Å². The summed E-state index contributed by atoms with van der Waals surface area (Å²) >= 11 is 0. The summed E-state index contributed by atoms with van der Waals surface area (Å²) in [4.78, 5) is 0. The molecule has 16 heavy (non-hydrogen) atoms. The lowest BCUT2D eigenvalue weighted by atomic mass is 10.1. The van der Waals surface area contributed by atoms with E-state index in [9.17, 15) is 0 Å². The molecule has 0 saturated carbocycles. The van der Waals surface area contributed by atoms with E-state index in [2.05, 4.69) is 25.6 Å². The lowest BCUT2D eigenvalue weighted by Gasteiger charge is -2.23. The second-order valence-electron chi connectivity index (χ2n) is 3.90. The summed E-state index contributed by atoms with van der Waals surface area (Å²) in [6.07, 6.45) is 2.32. The molecule has 0 amide bonds. The van der Waals surface area contributed by atoms with Crippen molar-refractivity contribution in [3.8, 4) is 0 Å². The molecule has 88 valence electrons. The Kier molecular flexibility index (Phi) is 3.47. The summed E-state index contributed by atoms with van der Waals surface area (Å²) in [6, 6.07) is 0.435. The molecule has 1 aliphatic rings. The number of amidine groups is 1. The van der Waals surface area contributed by atoms with Gasteiger partial charge in [-0.1, -0.05) is 5.16 Å². The topological polar surface area (TPSA) is 113 Å². The number of rotatable bonds is 4. The molecular weight excluding hydrogens is 208 g/mol. The van der Waals surface area contributed by atoms with E-state index in [1.54, 1.807) is 0 Å². The Hall–Kier alpha value is -1.47. The quantitative estimate of drug-likeness (QED) is 0.393. The minimum Gasteiger partial charge on any atom is -0.382 e. The second kappa shape index (κ2) is 5.04. The van der Waals surface area contributed by atoms with Crippen molar-refractivity contribution < 1.29 is 4.63 Å². The number of aromatic nitrogens is 2. The van der Waals surface area contributed by atoms with Crippen molar-refractivity contribution in [2.24, 2.45) is 5.73 Å². The number of nitrogens with zero attached hydrogens (tertiary/aromatic N) is 2. The van der Waals surface area contributed by atoms with E-state index in [-0.39, 0.29) is 5.84 Å². The van der Waals surface area contributed by atoms with E-state index in [4.69, 9.17) is 11.1 Å². The van der Waals surface area contributed by atoms with E-state index in [0.29, 0.717) is 24.0 Å². The van der Waals surface area contributed by atoms with Gasteiger partial charge in [0.15, 0.2) is 5.69 Å². The van der Waals surface area contributed by atoms with Gasteiger partial charge in [0.2, 0.25) is 0 Å². The predicted molar refractivity (Wildman–Crippen MR) is 58.0 cm³/mol. The van der Waals surface area contributed by atoms with Crippen LogP contribution in [0.4, 0.5) is 0 Å². The molecule has 2 rings (SSSR count). The van der Waals surface area contributed by atoms with Gasteiger partial charge < -0.3 is 16.4 Å². The predicted octanol–water partition coefficient (Wildman–Crippen LogP) is -0.805. The van der Waals surface area contributed by atoms with Gasteiger partial charge in [0.25, 0.3) is 0 Å². The molecule has 0 spiro atoms. The zero-order chi connectivity index (χ0) is 11.4. The molecule has 1 aliphatic heterocycles. The van der Waals surface area contributed by atoms with Gasteiger partial charge in [-0.15, -0.1) is 0 Å². The minimum atomic E-state index is -0.111. The fraction of sp³-hybridized carbons (Fsp3) is 0.667. The molecular formula is C9H16N6O. The van der Waals surface area contributed by atoms with Crippen LogP contribution in [-0.2, 0) is 6.54 Å². The maximum Gasteiger partial charge on any atom is 0.173 e. The summed E-state index contributed by atoms with van der Waals surface area (Å²) in [7, 11) is 0.